The molecule has 29 heavy (non-hydrogen) atoms. The Labute approximate surface area is 177 Å². The van der Waals surface area contributed by atoms with E-state index in [9.17, 15) is 9.59 Å². The molecule has 0 atom stereocenters. The number of piperidine rings is 1. The van der Waals surface area contributed by atoms with Crippen molar-refractivity contribution < 1.29 is 14.3 Å². The number of nitrogens with zero attached hydrogens (tertiary/aromatic N) is 1. The monoisotopic (exact) mass is 417 g/mol. The zero-order valence-electron chi connectivity index (χ0n) is 16.8. The van der Waals surface area contributed by atoms with Gasteiger partial charge in [0.05, 0.1) is 13.5 Å². The van der Waals surface area contributed by atoms with Crippen LogP contribution in [0.25, 0.3) is 0 Å². The normalized spacial score (nSPS) is 14.1. The summed E-state index contributed by atoms with van der Waals surface area (Å²) in [5.74, 6) is 0.708. The Morgan fingerprint density at radius 3 is 2.55 bits per heavy atom. The second-order valence-corrected chi connectivity index (χ2v) is 7.19. The fraction of sp³-hybridized carbons (Fsp3) is 0.364. The molecule has 1 heterocycles. The third-order valence-corrected chi connectivity index (χ3v) is 5.22. The predicted molar refractivity (Wildman–Crippen MR) is 117 cm³/mol. The largest absolute Gasteiger partial charge is 0.496 e. The molecule has 2 aromatic rings. The van der Waals surface area contributed by atoms with Gasteiger partial charge in [-0.05, 0) is 43.5 Å². The fourth-order valence-corrected chi connectivity index (χ4v) is 3.54. The standard InChI is InChI=1S/C22H27N3O3.ClH/c1-15-7-8-17(23)14-19(15)22(27)24-18-9-11-25(12-10-18)21(26)13-16-5-3-4-6-20(16)28-2;/h3-8,14,18H,9-13,23H2,1-2H3,(H,24,27);1H. The van der Waals surface area contributed by atoms with Crippen molar-refractivity contribution in [2.24, 2.45) is 0 Å². The number of amides is 2. The number of para-hydroxylation sites is 1. The first kappa shape index (κ1) is 22.6. The van der Waals surface area contributed by atoms with Crippen LogP contribution in [0.1, 0.15) is 34.3 Å². The molecule has 0 aliphatic carbocycles. The maximum Gasteiger partial charge on any atom is 0.251 e. The van der Waals surface area contributed by atoms with Crippen LogP contribution in [-0.4, -0.2) is 43.0 Å². The minimum Gasteiger partial charge on any atom is -0.496 e. The number of halogens is 1. The summed E-state index contributed by atoms with van der Waals surface area (Å²) in [6.07, 6.45) is 1.80. The summed E-state index contributed by atoms with van der Waals surface area (Å²) in [6, 6.07) is 13.0. The quantitative estimate of drug-likeness (QED) is 0.732. The maximum absolute atomic E-state index is 12.6. The van der Waals surface area contributed by atoms with Crippen molar-refractivity contribution in [2.75, 3.05) is 25.9 Å². The third-order valence-electron chi connectivity index (χ3n) is 5.22. The molecule has 7 heteroatoms. The Morgan fingerprint density at radius 2 is 1.86 bits per heavy atom. The van der Waals surface area contributed by atoms with Gasteiger partial charge in [0.2, 0.25) is 5.91 Å². The smallest absolute Gasteiger partial charge is 0.251 e. The van der Waals surface area contributed by atoms with E-state index in [1.54, 1.807) is 19.2 Å². The number of rotatable bonds is 5. The minimum atomic E-state index is -0.108. The highest BCUT2D eigenvalue weighted by molar-refractivity contribution is 5.96. The Balaban J connectivity index is 0.00000300. The van der Waals surface area contributed by atoms with E-state index < -0.39 is 0 Å². The molecule has 2 amide bonds. The van der Waals surface area contributed by atoms with Crippen LogP contribution in [0, 0.1) is 6.92 Å². The van der Waals surface area contributed by atoms with E-state index >= 15 is 0 Å². The predicted octanol–water partition coefficient (Wildman–Crippen LogP) is 2.97. The molecule has 0 unspecified atom stereocenters. The van der Waals surface area contributed by atoms with Crippen LogP contribution in [0.5, 0.6) is 5.75 Å². The number of hydrogen-bond donors (Lipinski definition) is 2. The van der Waals surface area contributed by atoms with Gasteiger partial charge in [-0.2, -0.15) is 0 Å². The summed E-state index contributed by atoms with van der Waals surface area (Å²) in [7, 11) is 1.61. The lowest BCUT2D eigenvalue weighted by Crippen LogP contribution is -2.47. The first-order valence-corrected chi connectivity index (χ1v) is 9.54. The first-order valence-electron chi connectivity index (χ1n) is 9.54. The summed E-state index contributed by atoms with van der Waals surface area (Å²) >= 11 is 0. The van der Waals surface area contributed by atoms with E-state index in [2.05, 4.69) is 5.32 Å². The van der Waals surface area contributed by atoms with Crippen LogP contribution in [0.4, 0.5) is 5.69 Å². The Kier molecular flexibility index (Phi) is 7.91. The molecule has 1 aliphatic heterocycles. The molecule has 0 spiro atoms. The number of nitrogens with two attached hydrogens (primary N) is 1. The van der Waals surface area contributed by atoms with Crippen molar-refractivity contribution in [3.8, 4) is 5.75 Å². The highest BCUT2D eigenvalue weighted by atomic mass is 35.5. The molecule has 156 valence electrons. The molecule has 2 aromatic carbocycles. The van der Waals surface area contributed by atoms with Gasteiger partial charge >= 0.3 is 0 Å². The van der Waals surface area contributed by atoms with Crippen LogP contribution in [-0.2, 0) is 11.2 Å². The van der Waals surface area contributed by atoms with E-state index in [1.165, 1.54) is 0 Å². The van der Waals surface area contributed by atoms with Crippen LogP contribution >= 0.6 is 12.4 Å². The van der Waals surface area contributed by atoms with Crippen LogP contribution < -0.4 is 15.8 Å². The van der Waals surface area contributed by atoms with Crippen molar-refractivity contribution in [3.63, 3.8) is 0 Å². The molecule has 3 rings (SSSR count). The number of ether oxygens (including phenoxy) is 1. The van der Waals surface area contributed by atoms with Gasteiger partial charge in [0.15, 0.2) is 0 Å². The number of likely N-dealkylation sites (tertiary alicyclic amines) is 1. The number of hydrogen-bond acceptors (Lipinski definition) is 4. The molecule has 1 saturated heterocycles. The highest BCUT2D eigenvalue weighted by Gasteiger charge is 2.25. The van der Waals surface area contributed by atoms with Crippen molar-refractivity contribution in [3.05, 3.63) is 59.2 Å². The minimum absolute atomic E-state index is 0. The molecule has 0 bridgehead atoms. The SMILES string of the molecule is COc1ccccc1CC(=O)N1CCC(NC(=O)c2cc(N)ccc2C)CC1.Cl. The van der Waals surface area contributed by atoms with E-state index in [0.29, 0.717) is 30.8 Å². The summed E-state index contributed by atoms with van der Waals surface area (Å²) in [5, 5.41) is 3.08. The average Bonchev–Trinajstić information content (AvgIpc) is 2.70. The molecule has 1 fully saturated rings. The third kappa shape index (κ3) is 5.64. The molecule has 0 radical (unpaired) electrons. The maximum atomic E-state index is 12.6. The van der Waals surface area contributed by atoms with Crippen molar-refractivity contribution in [2.45, 2.75) is 32.2 Å². The molecular weight excluding hydrogens is 390 g/mol. The molecule has 0 aromatic heterocycles. The van der Waals surface area contributed by atoms with Crippen molar-refractivity contribution in [1.29, 1.82) is 0 Å². The number of carbonyl (C=O) groups is 2. The second-order valence-electron chi connectivity index (χ2n) is 7.19. The highest BCUT2D eigenvalue weighted by Crippen LogP contribution is 2.20. The van der Waals surface area contributed by atoms with Gasteiger partial charge < -0.3 is 20.7 Å². The van der Waals surface area contributed by atoms with Crippen molar-refractivity contribution >= 4 is 29.9 Å². The first-order chi connectivity index (χ1) is 13.5. The molecule has 1 aliphatic rings. The zero-order valence-corrected chi connectivity index (χ0v) is 17.6. The molecule has 3 N–H and O–H groups in total. The second kappa shape index (κ2) is 10.2. The fourth-order valence-electron chi connectivity index (χ4n) is 3.54. The summed E-state index contributed by atoms with van der Waals surface area (Å²) in [6.45, 7) is 3.16. The van der Waals surface area contributed by atoms with Gasteiger partial charge in [-0.15, -0.1) is 12.4 Å². The lowest BCUT2D eigenvalue weighted by Gasteiger charge is -2.32. The Morgan fingerprint density at radius 1 is 1.17 bits per heavy atom. The molecule has 6 nitrogen and oxygen atoms in total. The van der Waals surface area contributed by atoms with Crippen molar-refractivity contribution in [1.82, 2.24) is 10.2 Å². The van der Waals surface area contributed by atoms with Gasteiger partial charge in [0.1, 0.15) is 5.75 Å². The number of benzene rings is 2. The molecule has 0 saturated carbocycles. The van der Waals surface area contributed by atoms with E-state index in [1.807, 2.05) is 42.2 Å². The van der Waals surface area contributed by atoms with Crippen LogP contribution in [0.2, 0.25) is 0 Å². The van der Waals surface area contributed by atoms with Gasteiger partial charge in [0.25, 0.3) is 5.91 Å². The van der Waals surface area contributed by atoms with E-state index in [4.69, 9.17) is 10.5 Å². The zero-order chi connectivity index (χ0) is 20.1. The van der Waals surface area contributed by atoms with E-state index in [0.717, 1.165) is 29.7 Å². The van der Waals surface area contributed by atoms with Crippen LogP contribution in [0.3, 0.4) is 0 Å². The Bertz CT molecular complexity index is 864. The summed E-state index contributed by atoms with van der Waals surface area (Å²) < 4.78 is 5.33. The lowest BCUT2D eigenvalue weighted by molar-refractivity contribution is -0.131. The van der Waals surface area contributed by atoms with Gasteiger partial charge in [0, 0.05) is 35.9 Å². The van der Waals surface area contributed by atoms with Gasteiger partial charge in [-0.1, -0.05) is 24.3 Å². The number of methoxy groups -OCH3 is 1. The topological polar surface area (TPSA) is 84.7 Å². The van der Waals surface area contributed by atoms with Crippen LogP contribution in [0.15, 0.2) is 42.5 Å². The van der Waals surface area contributed by atoms with Gasteiger partial charge in [-0.3, -0.25) is 9.59 Å². The number of aryl methyl sites for hydroxylation is 1. The number of anilines is 1. The number of nitrogen functional groups attached to an aromatic ring is 1. The lowest BCUT2D eigenvalue weighted by atomic mass is 10.0. The Hall–Kier alpha value is -2.73. The molecular formula is C22H28ClN3O3. The average molecular weight is 418 g/mol. The van der Waals surface area contributed by atoms with Gasteiger partial charge in [-0.25, -0.2) is 0 Å². The van der Waals surface area contributed by atoms with E-state index in [-0.39, 0.29) is 30.3 Å². The summed E-state index contributed by atoms with van der Waals surface area (Å²) in [5.41, 5.74) is 8.77. The summed E-state index contributed by atoms with van der Waals surface area (Å²) in [4.78, 5) is 27.1. The number of carbonyl (C=O) groups excluding carboxylic acids is 2. The number of nitrogens with one attached hydrogen (secondary N) is 1.